The van der Waals surface area contributed by atoms with Crippen LogP contribution in [0.5, 0.6) is 11.5 Å². The SMILES string of the molecule is O=C(CCCn1c(=O)c2sccc2n(CC(=O)NCCC2=CCCCC2)c1=O)NCc1ccc2c(c1)OCO2. The summed E-state index contributed by atoms with van der Waals surface area (Å²) in [5.74, 6) is 0.870. The summed E-state index contributed by atoms with van der Waals surface area (Å²) in [6, 6.07) is 7.17. The lowest BCUT2D eigenvalue weighted by Gasteiger charge is -2.14. The Hall–Kier alpha value is -3.86. The molecule has 0 fully saturated rings. The second-order valence-corrected chi connectivity index (χ2v) is 10.7. The third-order valence-corrected chi connectivity index (χ3v) is 7.90. The van der Waals surface area contributed by atoms with E-state index in [1.165, 1.54) is 34.3 Å². The molecule has 206 valence electrons. The second kappa shape index (κ2) is 12.3. The summed E-state index contributed by atoms with van der Waals surface area (Å²) < 4.78 is 13.6. The predicted octanol–water partition coefficient (Wildman–Crippen LogP) is 3.06. The molecule has 10 nitrogen and oxygen atoms in total. The van der Waals surface area contributed by atoms with E-state index in [2.05, 4.69) is 16.7 Å². The zero-order valence-electron chi connectivity index (χ0n) is 21.7. The number of hydrogen-bond acceptors (Lipinski definition) is 7. The van der Waals surface area contributed by atoms with E-state index in [1.807, 2.05) is 12.1 Å². The first kappa shape index (κ1) is 26.7. The van der Waals surface area contributed by atoms with Gasteiger partial charge in [0.15, 0.2) is 11.5 Å². The summed E-state index contributed by atoms with van der Waals surface area (Å²) in [7, 11) is 0. The van der Waals surface area contributed by atoms with Crippen LogP contribution in [0, 0.1) is 0 Å². The van der Waals surface area contributed by atoms with E-state index in [0.29, 0.717) is 41.2 Å². The quantitative estimate of drug-likeness (QED) is 0.353. The van der Waals surface area contributed by atoms with E-state index < -0.39 is 11.2 Å². The Kier molecular flexibility index (Phi) is 8.45. The van der Waals surface area contributed by atoms with Crippen molar-refractivity contribution >= 4 is 33.4 Å². The molecule has 0 saturated carbocycles. The largest absolute Gasteiger partial charge is 0.454 e. The number of benzene rings is 1. The molecule has 5 rings (SSSR count). The van der Waals surface area contributed by atoms with Crippen LogP contribution in [0.2, 0.25) is 0 Å². The molecule has 11 heteroatoms. The number of amides is 2. The minimum absolute atomic E-state index is 0.0821. The number of aromatic nitrogens is 2. The van der Waals surface area contributed by atoms with Crippen LogP contribution in [0.4, 0.5) is 0 Å². The molecule has 3 heterocycles. The van der Waals surface area contributed by atoms with Gasteiger partial charge in [-0.25, -0.2) is 4.79 Å². The van der Waals surface area contributed by atoms with E-state index in [9.17, 15) is 19.2 Å². The van der Waals surface area contributed by atoms with Crippen LogP contribution in [0.25, 0.3) is 10.2 Å². The van der Waals surface area contributed by atoms with Crippen molar-refractivity contribution in [2.45, 2.75) is 64.6 Å². The number of rotatable bonds is 11. The average molecular weight is 553 g/mol. The summed E-state index contributed by atoms with van der Waals surface area (Å²) in [6.07, 6.45) is 8.10. The summed E-state index contributed by atoms with van der Waals surface area (Å²) in [6.45, 7) is 0.954. The number of carbonyl (C=O) groups is 2. The summed E-state index contributed by atoms with van der Waals surface area (Å²) in [5.41, 5.74) is 1.76. The van der Waals surface area contributed by atoms with Crippen molar-refractivity contribution < 1.29 is 19.1 Å². The first-order valence-corrected chi connectivity index (χ1v) is 14.2. The first-order chi connectivity index (χ1) is 19.0. The monoisotopic (exact) mass is 552 g/mol. The van der Waals surface area contributed by atoms with Crippen molar-refractivity contribution in [3.63, 3.8) is 0 Å². The van der Waals surface area contributed by atoms with Crippen LogP contribution >= 0.6 is 11.3 Å². The lowest BCUT2D eigenvalue weighted by molar-refractivity contribution is -0.122. The first-order valence-electron chi connectivity index (χ1n) is 13.3. The fourth-order valence-corrected chi connectivity index (χ4v) is 5.76. The fourth-order valence-electron chi connectivity index (χ4n) is 4.91. The molecule has 2 amide bonds. The van der Waals surface area contributed by atoms with E-state index in [1.54, 1.807) is 17.5 Å². The van der Waals surface area contributed by atoms with Crippen LogP contribution < -0.4 is 31.4 Å². The molecule has 39 heavy (non-hydrogen) atoms. The predicted molar refractivity (Wildman–Crippen MR) is 148 cm³/mol. The van der Waals surface area contributed by atoms with Gasteiger partial charge in [-0.2, -0.15) is 0 Å². The van der Waals surface area contributed by atoms with Gasteiger partial charge < -0.3 is 20.1 Å². The molecule has 1 aliphatic heterocycles. The molecule has 3 aromatic rings. The fraction of sp³-hybridized carbons (Fsp3) is 0.429. The second-order valence-electron chi connectivity index (χ2n) is 9.74. The van der Waals surface area contributed by atoms with Crippen molar-refractivity contribution in [3.8, 4) is 11.5 Å². The molecule has 1 aromatic carbocycles. The van der Waals surface area contributed by atoms with Crippen molar-refractivity contribution in [3.05, 3.63) is 67.7 Å². The van der Waals surface area contributed by atoms with Gasteiger partial charge in [0.25, 0.3) is 5.56 Å². The molecule has 1 aliphatic carbocycles. The normalized spacial score (nSPS) is 14.3. The minimum Gasteiger partial charge on any atom is -0.454 e. The zero-order chi connectivity index (χ0) is 27.2. The highest BCUT2D eigenvalue weighted by Gasteiger charge is 2.17. The Labute approximate surface area is 229 Å². The van der Waals surface area contributed by atoms with Gasteiger partial charge in [0.05, 0.1) is 5.52 Å². The zero-order valence-corrected chi connectivity index (χ0v) is 22.5. The van der Waals surface area contributed by atoms with Gasteiger partial charge >= 0.3 is 5.69 Å². The molecule has 0 spiro atoms. The van der Waals surface area contributed by atoms with Gasteiger partial charge in [0.2, 0.25) is 18.6 Å². The third kappa shape index (κ3) is 6.42. The molecule has 0 atom stereocenters. The highest BCUT2D eigenvalue weighted by atomic mass is 32.1. The van der Waals surface area contributed by atoms with Crippen LogP contribution in [-0.2, 0) is 29.2 Å². The van der Waals surface area contributed by atoms with Crippen LogP contribution in [-0.4, -0.2) is 34.3 Å². The summed E-state index contributed by atoms with van der Waals surface area (Å²) in [5, 5.41) is 7.50. The lowest BCUT2D eigenvalue weighted by Crippen LogP contribution is -2.42. The maximum Gasteiger partial charge on any atom is 0.332 e. The van der Waals surface area contributed by atoms with Crippen LogP contribution in [0.3, 0.4) is 0 Å². The van der Waals surface area contributed by atoms with Gasteiger partial charge in [0, 0.05) is 26.1 Å². The van der Waals surface area contributed by atoms with Crippen LogP contribution in [0.1, 0.15) is 50.5 Å². The lowest BCUT2D eigenvalue weighted by atomic mass is 9.97. The molecule has 2 aliphatic rings. The Morgan fingerprint density at radius 2 is 1.87 bits per heavy atom. The molecule has 2 N–H and O–H groups in total. The van der Waals surface area contributed by atoms with Crippen molar-refractivity contribution in [2.24, 2.45) is 0 Å². The van der Waals surface area contributed by atoms with Gasteiger partial charge in [-0.05, 0) is 67.7 Å². The van der Waals surface area contributed by atoms with E-state index in [-0.39, 0.29) is 38.1 Å². The number of ether oxygens (including phenoxy) is 2. The summed E-state index contributed by atoms with van der Waals surface area (Å²) in [4.78, 5) is 51.4. The molecular weight excluding hydrogens is 520 g/mol. The minimum atomic E-state index is -0.545. The molecule has 0 unspecified atom stereocenters. The number of nitrogens with one attached hydrogen (secondary N) is 2. The Morgan fingerprint density at radius 1 is 1.00 bits per heavy atom. The smallest absolute Gasteiger partial charge is 0.332 e. The Balaban J connectivity index is 1.17. The maximum absolute atomic E-state index is 13.3. The number of thiophene rings is 1. The van der Waals surface area contributed by atoms with Gasteiger partial charge in [-0.15, -0.1) is 11.3 Å². The number of hydrogen-bond donors (Lipinski definition) is 2. The molecule has 0 bridgehead atoms. The molecule has 2 aromatic heterocycles. The van der Waals surface area contributed by atoms with Gasteiger partial charge in [-0.1, -0.05) is 17.7 Å². The van der Waals surface area contributed by atoms with Crippen molar-refractivity contribution in [1.29, 1.82) is 0 Å². The highest BCUT2D eigenvalue weighted by Crippen LogP contribution is 2.32. The number of nitrogens with zero attached hydrogens (tertiary/aromatic N) is 2. The van der Waals surface area contributed by atoms with E-state index in [0.717, 1.165) is 29.4 Å². The van der Waals surface area contributed by atoms with Gasteiger partial charge in [-0.3, -0.25) is 23.5 Å². The van der Waals surface area contributed by atoms with E-state index in [4.69, 9.17) is 9.47 Å². The molecule has 0 saturated heterocycles. The number of allylic oxidation sites excluding steroid dienone is 1. The van der Waals surface area contributed by atoms with Crippen molar-refractivity contribution in [1.82, 2.24) is 19.8 Å². The molecule has 0 radical (unpaired) electrons. The van der Waals surface area contributed by atoms with Gasteiger partial charge in [0.1, 0.15) is 11.2 Å². The summed E-state index contributed by atoms with van der Waals surface area (Å²) >= 11 is 1.24. The maximum atomic E-state index is 13.3. The third-order valence-electron chi connectivity index (χ3n) is 7.00. The standard InChI is InChI=1S/C28H32N4O6S/c33-24(30-16-20-8-9-22-23(15-20)38-18-37-22)7-4-13-31-27(35)26-21(11-14-39-26)32(28(31)36)17-25(34)29-12-10-19-5-2-1-3-6-19/h5,8-9,11,14-15H,1-4,6-7,10,12-13,16-18H2,(H,29,34)(H,30,33). The topological polar surface area (TPSA) is 121 Å². The Morgan fingerprint density at radius 3 is 2.72 bits per heavy atom. The highest BCUT2D eigenvalue weighted by molar-refractivity contribution is 7.17. The van der Waals surface area contributed by atoms with E-state index >= 15 is 0 Å². The number of fused-ring (bicyclic) bond motifs is 2. The number of carbonyl (C=O) groups excluding carboxylic acids is 2. The Bertz CT molecular complexity index is 1520. The van der Waals surface area contributed by atoms with Crippen LogP contribution in [0.15, 0.2) is 50.9 Å². The van der Waals surface area contributed by atoms with Crippen molar-refractivity contribution in [2.75, 3.05) is 13.3 Å². The average Bonchev–Trinajstić information content (AvgIpc) is 3.62. The molecular formula is C28H32N4O6S.